The molecule has 1 atom stereocenters. The van der Waals surface area contributed by atoms with Crippen LogP contribution in [0.5, 0.6) is 11.5 Å². The first-order valence-electron chi connectivity index (χ1n) is 6.49. The van der Waals surface area contributed by atoms with Crippen LogP contribution in [-0.2, 0) is 6.54 Å². The number of fused-ring (bicyclic) bond motifs is 1. The molecular weight excluding hydrogens is 294 g/mol. The van der Waals surface area contributed by atoms with Crippen molar-refractivity contribution in [3.8, 4) is 11.5 Å². The predicted octanol–water partition coefficient (Wildman–Crippen LogP) is 2.08. The summed E-state index contributed by atoms with van der Waals surface area (Å²) in [4.78, 5) is 16.2. The molecule has 0 unspecified atom stereocenters. The van der Waals surface area contributed by atoms with Gasteiger partial charge in [-0.25, -0.2) is 4.98 Å². The third-order valence-electron chi connectivity index (χ3n) is 3.11. The van der Waals surface area contributed by atoms with Crippen LogP contribution in [0.3, 0.4) is 0 Å². The van der Waals surface area contributed by atoms with Crippen molar-refractivity contribution in [3.63, 3.8) is 0 Å². The summed E-state index contributed by atoms with van der Waals surface area (Å²) in [6, 6.07) is 3.16. The normalized spacial score (nSPS) is 14.0. The molecular formula is C14H14ClN3O3. The molecule has 0 saturated heterocycles. The fourth-order valence-electron chi connectivity index (χ4n) is 2.16. The lowest BCUT2D eigenvalue weighted by Gasteiger charge is -2.14. The van der Waals surface area contributed by atoms with E-state index in [1.807, 2.05) is 17.7 Å². The van der Waals surface area contributed by atoms with Crippen molar-refractivity contribution in [1.29, 1.82) is 0 Å². The number of nitrogens with one attached hydrogen (secondary N) is 1. The molecule has 1 aliphatic heterocycles. The molecule has 3 rings (SSSR count). The minimum absolute atomic E-state index is 0.0455. The van der Waals surface area contributed by atoms with Gasteiger partial charge in [0.1, 0.15) is 0 Å². The van der Waals surface area contributed by atoms with Gasteiger partial charge in [0.2, 0.25) is 6.79 Å². The van der Waals surface area contributed by atoms with Crippen LogP contribution in [0, 0.1) is 0 Å². The summed E-state index contributed by atoms with van der Waals surface area (Å²) in [5.41, 5.74) is 0.446. The van der Waals surface area contributed by atoms with E-state index >= 15 is 0 Å². The van der Waals surface area contributed by atoms with E-state index in [0.29, 0.717) is 28.6 Å². The smallest absolute Gasteiger partial charge is 0.251 e. The lowest BCUT2D eigenvalue weighted by Crippen LogP contribution is -2.35. The molecule has 0 spiro atoms. The Morgan fingerprint density at radius 2 is 2.38 bits per heavy atom. The van der Waals surface area contributed by atoms with Crippen LogP contribution in [0.15, 0.2) is 30.9 Å². The van der Waals surface area contributed by atoms with Crippen LogP contribution < -0.4 is 14.8 Å². The summed E-state index contributed by atoms with van der Waals surface area (Å²) in [5.74, 6) is 0.775. The summed E-state index contributed by atoms with van der Waals surface area (Å²) in [5, 5.41) is 3.28. The van der Waals surface area contributed by atoms with Gasteiger partial charge in [0.25, 0.3) is 5.91 Å². The molecule has 2 aromatic rings. The molecule has 7 heteroatoms. The zero-order valence-electron chi connectivity index (χ0n) is 11.4. The number of ether oxygens (including phenoxy) is 2. The van der Waals surface area contributed by atoms with E-state index < -0.39 is 0 Å². The Morgan fingerprint density at radius 1 is 1.52 bits per heavy atom. The van der Waals surface area contributed by atoms with Gasteiger partial charge in [-0.3, -0.25) is 4.79 Å². The molecule has 1 aromatic carbocycles. The van der Waals surface area contributed by atoms with E-state index in [-0.39, 0.29) is 18.7 Å². The Morgan fingerprint density at radius 3 is 3.14 bits per heavy atom. The van der Waals surface area contributed by atoms with Gasteiger partial charge in [-0.1, -0.05) is 11.6 Å². The molecule has 0 fully saturated rings. The second kappa shape index (κ2) is 5.65. The van der Waals surface area contributed by atoms with Crippen molar-refractivity contribution in [3.05, 3.63) is 41.4 Å². The Balaban J connectivity index is 1.69. The number of hydrogen-bond acceptors (Lipinski definition) is 4. The zero-order valence-corrected chi connectivity index (χ0v) is 12.1. The van der Waals surface area contributed by atoms with Crippen LogP contribution >= 0.6 is 11.6 Å². The zero-order chi connectivity index (χ0) is 14.8. The molecule has 0 saturated carbocycles. The average molecular weight is 308 g/mol. The SMILES string of the molecule is C[C@H](Cn1ccnc1)NC(=O)c1cc(Cl)c2c(c1)OCO2. The number of halogens is 1. The van der Waals surface area contributed by atoms with Gasteiger partial charge in [0, 0.05) is 30.5 Å². The highest BCUT2D eigenvalue weighted by Gasteiger charge is 2.21. The second-order valence-electron chi connectivity index (χ2n) is 4.83. The first-order valence-corrected chi connectivity index (χ1v) is 6.87. The summed E-state index contributed by atoms with van der Waals surface area (Å²) < 4.78 is 12.4. The van der Waals surface area contributed by atoms with Crippen LogP contribution in [-0.4, -0.2) is 28.3 Å². The number of carbonyl (C=O) groups excluding carboxylic acids is 1. The molecule has 1 aromatic heterocycles. The fraction of sp³-hybridized carbons (Fsp3) is 0.286. The van der Waals surface area contributed by atoms with Crippen LogP contribution in [0.25, 0.3) is 0 Å². The highest BCUT2D eigenvalue weighted by atomic mass is 35.5. The van der Waals surface area contributed by atoms with Gasteiger partial charge in [-0.05, 0) is 19.1 Å². The van der Waals surface area contributed by atoms with Gasteiger partial charge >= 0.3 is 0 Å². The fourth-order valence-corrected chi connectivity index (χ4v) is 2.43. The van der Waals surface area contributed by atoms with Crippen LogP contribution in [0.2, 0.25) is 5.02 Å². The number of rotatable bonds is 4. The molecule has 0 radical (unpaired) electrons. The Labute approximate surface area is 126 Å². The van der Waals surface area contributed by atoms with E-state index in [9.17, 15) is 4.79 Å². The van der Waals surface area contributed by atoms with Gasteiger partial charge in [-0.2, -0.15) is 0 Å². The molecule has 1 aliphatic rings. The first-order chi connectivity index (χ1) is 10.1. The van der Waals surface area contributed by atoms with Crippen LogP contribution in [0.1, 0.15) is 17.3 Å². The van der Waals surface area contributed by atoms with E-state index in [1.165, 1.54) is 0 Å². The highest BCUT2D eigenvalue weighted by molar-refractivity contribution is 6.32. The second-order valence-corrected chi connectivity index (χ2v) is 5.23. The number of amides is 1. The van der Waals surface area contributed by atoms with E-state index in [2.05, 4.69) is 10.3 Å². The topological polar surface area (TPSA) is 65.4 Å². The number of carbonyl (C=O) groups is 1. The molecule has 110 valence electrons. The molecule has 1 amide bonds. The summed E-state index contributed by atoms with van der Waals surface area (Å²) in [6.07, 6.45) is 5.26. The van der Waals surface area contributed by atoms with Crippen molar-refractivity contribution in [2.24, 2.45) is 0 Å². The van der Waals surface area contributed by atoms with E-state index in [1.54, 1.807) is 24.7 Å². The van der Waals surface area contributed by atoms with Gasteiger partial charge < -0.3 is 19.4 Å². The Kier molecular flexibility index (Phi) is 3.70. The maximum Gasteiger partial charge on any atom is 0.251 e. The summed E-state index contributed by atoms with van der Waals surface area (Å²) >= 11 is 6.07. The Bertz CT molecular complexity index is 658. The maximum atomic E-state index is 12.2. The third-order valence-corrected chi connectivity index (χ3v) is 3.39. The van der Waals surface area contributed by atoms with Crippen molar-refractivity contribution in [1.82, 2.24) is 14.9 Å². The number of nitrogens with zero attached hydrogens (tertiary/aromatic N) is 2. The van der Waals surface area contributed by atoms with Crippen molar-refractivity contribution >= 4 is 17.5 Å². The standard InChI is InChI=1S/C14H14ClN3O3/c1-9(6-18-3-2-16-7-18)17-14(19)10-4-11(15)13-12(5-10)20-8-21-13/h2-5,7,9H,6,8H2,1H3,(H,17,19)/t9-/m1/s1. The number of benzene rings is 1. The van der Waals surface area contributed by atoms with Gasteiger partial charge in [-0.15, -0.1) is 0 Å². The maximum absolute atomic E-state index is 12.2. The van der Waals surface area contributed by atoms with Gasteiger partial charge in [0.05, 0.1) is 11.3 Å². The largest absolute Gasteiger partial charge is 0.454 e. The number of hydrogen-bond donors (Lipinski definition) is 1. The minimum Gasteiger partial charge on any atom is -0.454 e. The molecule has 2 heterocycles. The van der Waals surface area contributed by atoms with Crippen molar-refractivity contribution in [2.45, 2.75) is 19.5 Å². The molecule has 1 N–H and O–H groups in total. The predicted molar refractivity (Wildman–Crippen MR) is 76.7 cm³/mol. The molecule has 0 bridgehead atoms. The first kappa shape index (κ1) is 13.8. The van der Waals surface area contributed by atoms with Crippen molar-refractivity contribution in [2.75, 3.05) is 6.79 Å². The number of imidazole rings is 1. The quantitative estimate of drug-likeness (QED) is 0.939. The molecule has 0 aliphatic carbocycles. The highest BCUT2D eigenvalue weighted by Crippen LogP contribution is 2.39. The lowest BCUT2D eigenvalue weighted by atomic mass is 10.1. The summed E-state index contributed by atoms with van der Waals surface area (Å²) in [6.45, 7) is 2.69. The third kappa shape index (κ3) is 2.95. The molecule has 6 nitrogen and oxygen atoms in total. The summed E-state index contributed by atoms with van der Waals surface area (Å²) in [7, 11) is 0. The van der Waals surface area contributed by atoms with E-state index in [0.717, 1.165) is 0 Å². The van der Waals surface area contributed by atoms with E-state index in [4.69, 9.17) is 21.1 Å². The van der Waals surface area contributed by atoms with Gasteiger partial charge in [0.15, 0.2) is 11.5 Å². The Hall–Kier alpha value is -2.21. The van der Waals surface area contributed by atoms with Crippen molar-refractivity contribution < 1.29 is 14.3 Å². The van der Waals surface area contributed by atoms with Crippen LogP contribution in [0.4, 0.5) is 0 Å². The average Bonchev–Trinajstić information content (AvgIpc) is 3.09. The number of aromatic nitrogens is 2. The molecule has 21 heavy (non-hydrogen) atoms. The lowest BCUT2D eigenvalue weighted by molar-refractivity contribution is 0.0936. The minimum atomic E-state index is -0.206. The monoisotopic (exact) mass is 307 g/mol.